The third-order valence-corrected chi connectivity index (χ3v) is 5.84. The van der Waals surface area contributed by atoms with Crippen molar-refractivity contribution in [3.05, 3.63) is 53.9 Å². The molecule has 0 spiro atoms. The second kappa shape index (κ2) is 11.6. The predicted molar refractivity (Wildman–Crippen MR) is 117 cm³/mol. The molecule has 2 aromatic rings. The first-order valence-corrected chi connectivity index (χ1v) is 11.8. The number of sulfonamides is 1. The number of benzene rings is 1. The Labute approximate surface area is 174 Å². The zero-order valence-corrected chi connectivity index (χ0v) is 18.3. The van der Waals surface area contributed by atoms with Crippen molar-refractivity contribution in [1.82, 2.24) is 24.7 Å². The molecule has 0 atom stereocenters. The van der Waals surface area contributed by atoms with E-state index in [1.165, 1.54) is 16.1 Å². The largest absolute Gasteiger partial charge is 0.357 e. The van der Waals surface area contributed by atoms with Crippen LogP contribution in [0.5, 0.6) is 0 Å². The minimum atomic E-state index is -3.15. The molecule has 8 nitrogen and oxygen atoms in total. The van der Waals surface area contributed by atoms with Gasteiger partial charge in [-0.25, -0.2) is 17.7 Å². The van der Waals surface area contributed by atoms with Gasteiger partial charge in [0.1, 0.15) is 0 Å². The summed E-state index contributed by atoms with van der Waals surface area (Å²) in [4.78, 5) is 4.69. The van der Waals surface area contributed by atoms with E-state index in [-0.39, 0.29) is 0 Å². The molecule has 29 heavy (non-hydrogen) atoms. The molecule has 0 amide bonds. The lowest BCUT2D eigenvalue weighted by Gasteiger charge is -2.18. The van der Waals surface area contributed by atoms with Crippen LogP contribution in [0.15, 0.2) is 47.7 Å². The van der Waals surface area contributed by atoms with Crippen molar-refractivity contribution < 1.29 is 8.42 Å². The van der Waals surface area contributed by atoms with Gasteiger partial charge in [-0.2, -0.15) is 5.10 Å². The van der Waals surface area contributed by atoms with Gasteiger partial charge < -0.3 is 10.6 Å². The van der Waals surface area contributed by atoms with Crippen molar-refractivity contribution in [2.45, 2.75) is 33.4 Å². The Kier molecular flexibility index (Phi) is 9.14. The van der Waals surface area contributed by atoms with E-state index >= 15 is 0 Å². The number of guanidine groups is 1. The van der Waals surface area contributed by atoms with Crippen LogP contribution in [0.3, 0.4) is 0 Å². The zero-order chi connectivity index (χ0) is 21.1. The molecule has 0 aliphatic rings. The average molecular weight is 421 g/mol. The summed E-state index contributed by atoms with van der Waals surface area (Å²) in [5, 5.41) is 10.8. The number of rotatable bonds is 11. The van der Waals surface area contributed by atoms with Crippen LogP contribution in [-0.4, -0.2) is 60.9 Å². The van der Waals surface area contributed by atoms with E-state index in [0.29, 0.717) is 39.1 Å². The van der Waals surface area contributed by atoms with Crippen LogP contribution in [0.1, 0.15) is 31.4 Å². The Morgan fingerprint density at radius 3 is 2.55 bits per heavy atom. The third-order valence-electron chi connectivity index (χ3n) is 4.46. The first kappa shape index (κ1) is 22.9. The van der Waals surface area contributed by atoms with Gasteiger partial charge >= 0.3 is 0 Å². The lowest BCUT2D eigenvalue weighted by molar-refractivity contribution is 0.424. The lowest BCUT2D eigenvalue weighted by atomic mass is 10.1. The summed E-state index contributed by atoms with van der Waals surface area (Å²) in [5.41, 5.74) is 2.33. The number of aliphatic imine (C=N–C) groups is 1. The fourth-order valence-electron chi connectivity index (χ4n) is 2.96. The molecule has 1 aromatic heterocycles. The maximum atomic E-state index is 11.7. The molecule has 160 valence electrons. The highest BCUT2D eigenvalue weighted by molar-refractivity contribution is 7.88. The van der Waals surface area contributed by atoms with Gasteiger partial charge in [0.05, 0.1) is 19.3 Å². The molecule has 2 N–H and O–H groups in total. The highest BCUT2D eigenvalue weighted by Crippen LogP contribution is 2.11. The van der Waals surface area contributed by atoms with Crippen LogP contribution in [0.2, 0.25) is 0 Å². The minimum Gasteiger partial charge on any atom is -0.357 e. The third kappa shape index (κ3) is 7.86. The van der Waals surface area contributed by atoms with E-state index in [4.69, 9.17) is 4.99 Å². The first-order valence-electron chi connectivity index (χ1n) is 9.95. The zero-order valence-electron chi connectivity index (χ0n) is 17.5. The van der Waals surface area contributed by atoms with E-state index in [0.717, 1.165) is 18.1 Å². The van der Waals surface area contributed by atoms with E-state index in [1.54, 1.807) is 6.20 Å². The van der Waals surface area contributed by atoms with E-state index in [2.05, 4.69) is 27.9 Å². The topological polar surface area (TPSA) is 91.6 Å². The van der Waals surface area contributed by atoms with Crippen LogP contribution >= 0.6 is 0 Å². The number of hydrogen-bond acceptors (Lipinski definition) is 4. The van der Waals surface area contributed by atoms with Crippen molar-refractivity contribution in [2.75, 3.05) is 32.4 Å². The van der Waals surface area contributed by atoms with Gasteiger partial charge in [0, 0.05) is 38.6 Å². The molecule has 9 heteroatoms. The first-order chi connectivity index (χ1) is 13.9. The van der Waals surface area contributed by atoms with Gasteiger partial charge in [0.25, 0.3) is 0 Å². The van der Waals surface area contributed by atoms with Crippen LogP contribution in [0, 0.1) is 0 Å². The fraction of sp³-hybridized carbons (Fsp3) is 0.500. The SMILES string of the molecule is CCNC(=NCc1ccccc1Cn1cccn1)NCCCN(CC)S(C)(=O)=O. The second-order valence-corrected chi connectivity index (χ2v) is 8.68. The molecule has 0 unspecified atom stereocenters. The summed E-state index contributed by atoms with van der Waals surface area (Å²) in [6, 6.07) is 10.1. The monoisotopic (exact) mass is 420 g/mol. The van der Waals surface area contributed by atoms with Crippen LogP contribution in [-0.2, 0) is 23.1 Å². The van der Waals surface area contributed by atoms with Gasteiger partial charge in [-0.05, 0) is 30.5 Å². The quantitative estimate of drug-likeness (QED) is 0.328. The van der Waals surface area contributed by atoms with Gasteiger partial charge in [0.2, 0.25) is 10.0 Å². The highest BCUT2D eigenvalue weighted by atomic mass is 32.2. The van der Waals surface area contributed by atoms with Gasteiger partial charge in [-0.3, -0.25) is 4.68 Å². The fourth-order valence-corrected chi connectivity index (χ4v) is 3.89. The summed E-state index contributed by atoms with van der Waals surface area (Å²) in [6.07, 6.45) is 5.68. The van der Waals surface area contributed by atoms with E-state index in [1.807, 2.05) is 42.9 Å². The molecule has 0 fully saturated rings. The van der Waals surface area contributed by atoms with Crippen molar-refractivity contribution in [3.63, 3.8) is 0 Å². The Bertz CT molecular complexity index is 865. The molecule has 0 aliphatic carbocycles. The van der Waals surface area contributed by atoms with Crippen LogP contribution in [0.4, 0.5) is 0 Å². The van der Waals surface area contributed by atoms with Crippen molar-refractivity contribution in [3.8, 4) is 0 Å². The number of nitrogens with zero attached hydrogens (tertiary/aromatic N) is 4. The molecule has 1 aromatic carbocycles. The number of hydrogen-bond donors (Lipinski definition) is 2. The maximum Gasteiger partial charge on any atom is 0.211 e. The lowest BCUT2D eigenvalue weighted by Crippen LogP contribution is -2.39. The Hall–Kier alpha value is -2.39. The smallest absolute Gasteiger partial charge is 0.211 e. The summed E-state index contributed by atoms with van der Waals surface area (Å²) >= 11 is 0. The maximum absolute atomic E-state index is 11.7. The molecular weight excluding hydrogens is 388 g/mol. The van der Waals surface area contributed by atoms with Crippen molar-refractivity contribution in [1.29, 1.82) is 0 Å². The van der Waals surface area contributed by atoms with E-state index in [9.17, 15) is 8.42 Å². The number of aromatic nitrogens is 2. The van der Waals surface area contributed by atoms with Gasteiger partial charge in [0.15, 0.2) is 5.96 Å². The summed E-state index contributed by atoms with van der Waals surface area (Å²) < 4.78 is 26.7. The standard InChI is InChI=1S/C20H32N6O2S/c1-4-21-20(22-12-8-15-26(5-2)29(3,27)28)23-16-18-10-6-7-11-19(18)17-25-14-9-13-24-25/h6-7,9-11,13-14H,4-5,8,12,15-17H2,1-3H3,(H2,21,22,23). The molecule has 2 rings (SSSR count). The average Bonchev–Trinajstić information content (AvgIpc) is 3.19. The summed E-state index contributed by atoms with van der Waals surface area (Å²) in [5.74, 6) is 0.726. The van der Waals surface area contributed by atoms with Crippen molar-refractivity contribution >= 4 is 16.0 Å². The van der Waals surface area contributed by atoms with E-state index < -0.39 is 10.0 Å². The van der Waals surface area contributed by atoms with Crippen LogP contribution in [0.25, 0.3) is 0 Å². The molecule has 0 saturated carbocycles. The Balaban J connectivity index is 1.94. The Morgan fingerprint density at radius 1 is 1.17 bits per heavy atom. The van der Waals surface area contributed by atoms with Crippen molar-refractivity contribution in [2.24, 2.45) is 4.99 Å². The Morgan fingerprint density at radius 2 is 1.93 bits per heavy atom. The summed E-state index contributed by atoms with van der Waals surface area (Å²) in [7, 11) is -3.15. The normalized spacial score (nSPS) is 12.3. The number of nitrogens with one attached hydrogen (secondary N) is 2. The molecule has 0 bridgehead atoms. The van der Waals surface area contributed by atoms with Crippen LogP contribution < -0.4 is 10.6 Å². The molecule has 0 aliphatic heterocycles. The molecule has 0 radical (unpaired) electrons. The summed E-state index contributed by atoms with van der Waals surface area (Å²) in [6.45, 7) is 7.51. The molecular formula is C20H32N6O2S. The van der Waals surface area contributed by atoms with Gasteiger partial charge in [-0.15, -0.1) is 0 Å². The predicted octanol–water partition coefficient (Wildman–Crippen LogP) is 1.66. The minimum absolute atomic E-state index is 0.486. The highest BCUT2D eigenvalue weighted by Gasteiger charge is 2.13. The second-order valence-electron chi connectivity index (χ2n) is 6.70. The molecule has 1 heterocycles. The molecule has 0 saturated heterocycles. The van der Waals surface area contributed by atoms with Gasteiger partial charge in [-0.1, -0.05) is 31.2 Å².